The van der Waals surface area contributed by atoms with Gasteiger partial charge in [0.05, 0.1) is 5.69 Å². The first-order valence-electron chi connectivity index (χ1n) is 7.16. The molecular formula is C18H17N3O. The maximum Gasteiger partial charge on any atom is 0.161 e. The van der Waals surface area contributed by atoms with Crippen molar-refractivity contribution in [2.45, 2.75) is 20.8 Å². The third-order valence-corrected chi connectivity index (χ3v) is 3.49. The first-order valence-corrected chi connectivity index (χ1v) is 7.16. The molecule has 3 rings (SSSR count). The highest BCUT2D eigenvalue weighted by molar-refractivity contribution is 5.96. The minimum absolute atomic E-state index is 0.0525. The molecule has 2 aromatic heterocycles. The van der Waals surface area contributed by atoms with Crippen molar-refractivity contribution in [2.75, 3.05) is 5.32 Å². The van der Waals surface area contributed by atoms with Gasteiger partial charge in [0, 0.05) is 28.0 Å². The number of aryl methyl sites for hydroxylation is 2. The van der Waals surface area contributed by atoms with Crippen LogP contribution < -0.4 is 5.32 Å². The summed E-state index contributed by atoms with van der Waals surface area (Å²) in [6, 6.07) is 13.4. The molecule has 0 saturated heterocycles. The topological polar surface area (TPSA) is 54.9 Å². The standard InChI is InChI=1S/C18H17N3O/c1-11-7-8-16-17(9-12(2)20-18(16)19-11)21-15-6-4-5-14(10-15)13(3)22/h4-10H,1-3H3,(H,19,20,21). The van der Waals surface area contributed by atoms with Gasteiger partial charge in [-0.05, 0) is 51.1 Å². The Labute approximate surface area is 129 Å². The van der Waals surface area contributed by atoms with Crippen LogP contribution in [0.25, 0.3) is 11.0 Å². The number of Topliss-reactive ketones (excluding diaryl/α,β-unsaturated/α-hetero) is 1. The van der Waals surface area contributed by atoms with Crippen LogP contribution in [0.3, 0.4) is 0 Å². The van der Waals surface area contributed by atoms with Gasteiger partial charge < -0.3 is 5.32 Å². The van der Waals surface area contributed by atoms with Crippen LogP contribution in [0.2, 0.25) is 0 Å². The maximum absolute atomic E-state index is 11.5. The summed E-state index contributed by atoms with van der Waals surface area (Å²) in [5, 5.41) is 4.33. The van der Waals surface area contributed by atoms with Crippen molar-refractivity contribution in [3.8, 4) is 0 Å². The Balaban J connectivity index is 2.07. The van der Waals surface area contributed by atoms with Gasteiger partial charge in [-0.1, -0.05) is 12.1 Å². The molecule has 0 radical (unpaired) electrons. The van der Waals surface area contributed by atoms with Gasteiger partial charge >= 0.3 is 0 Å². The number of carbonyl (C=O) groups excluding carboxylic acids is 1. The fourth-order valence-electron chi connectivity index (χ4n) is 2.40. The molecule has 0 fully saturated rings. The minimum atomic E-state index is 0.0525. The quantitative estimate of drug-likeness (QED) is 0.735. The van der Waals surface area contributed by atoms with E-state index in [4.69, 9.17) is 0 Å². The number of aromatic nitrogens is 2. The van der Waals surface area contributed by atoms with Gasteiger partial charge in [-0.2, -0.15) is 0 Å². The molecule has 3 aromatic rings. The van der Waals surface area contributed by atoms with E-state index in [9.17, 15) is 4.79 Å². The van der Waals surface area contributed by atoms with Crippen molar-refractivity contribution in [1.82, 2.24) is 9.97 Å². The Kier molecular flexibility index (Phi) is 3.59. The summed E-state index contributed by atoms with van der Waals surface area (Å²) < 4.78 is 0. The van der Waals surface area contributed by atoms with E-state index in [1.165, 1.54) is 0 Å². The number of benzene rings is 1. The average molecular weight is 291 g/mol. The SMILES string of the molecule is CC(=O)c1cccc(Nc2cc(C)nc3nc(C)ccc23)c1. The second-order valence-corrected chi connectivity index (χ2v) is 5.40. The Morgan fingerprint density at radius 2 is 1.77 bits per heavy atom. The molecule has 0 aliphatic carbocycles. The number of fused-ring (bicyclic) bond motifs is 1. The van der Waals surface area contributed by atoms with Crippen LogP contribution >= 0.6 is 0 Å². The van der Waals surface area contributed by atoms with Crippen molar-refractivity contribution in [3.05, 3.63) is 59.4 Å². The zero-order valence-corrected chi connectivity index (χ0v) is 12.8. The Morgan fingerprint density at radius 1 is 1.00 bits per heavy atom. The third kappa shape index (κ3) is 2.81. The molecule has 4 heteroatoms. The smallest absolute Gasteiger partial charge is 0.161 e. The zero-order chi connectivity index (χ0) is 15.7. The van der Waals surface area contributed by atoms with E-state index in [0.717, 1.165) is 33.8 Å². The van der Waals surface area contributed by atoms with Crippen molar-refractivity contribution in [2.24, 2.45) is 0 Å². The van der Waals surface area contributed by atoms with E-state index in [1.807, 2.05) is 56.3 Å². The van der Waals surface area contributed by atoms with Gasteiger partial charge in [-0.3, -0.25) is 4.79 Å². The number of ketones is 1. The number of pyridine rings is 2. The van der Waals surface area contributed by atoms with Crippen LogP contribution in [0.15, 0.2) is 42.5 Å². The lowest BCUT2D eigenvalue weighted by Crippen LogP contribution is -1.98. The number of hydrogen-bond donors (Lipinski definition) is 1. The number of rotatable bonds is 3. The molecule has 0 bridgehead atoms. The summed E-state index contributed by atoms with van der Waals surface area (Å²) in [6.45, 7) is 5.46. The van der Waals surface area contributed by atoms with E-state index in [0.29, 0.717) is 5.56 Å². The first-order chi connectivity index (χ1) is 10.5. The molecule has 4 nitrogen and oxygen atoms in total. The van der Waals surface area contributed by atoms with Crippen molar-refractivity contribution >= 4 is 28.2 Å². The largest absolute Gasteiger partial charge is 0.355 e. The Hall–Kier alpha value is -2.75. The predicted molar refractivity (Wildman–Crippen MR) is 88.7 cm³/mol. The van der Waals surface area contributed by atoms with Gasteiger partial charge in [-0.25, -0.2) is 9.97 Å². The van der Waals surface area contributed by atoms with E-state index in [1.54, 1.807) is 6.92 Å². The molecule has 0 aliphatic rings. The van der Waals surface area contributed by atoms with Gasteiger partial charge in [0.2, 0.25) is 0 Å². The third-order valence-electron chi connectivity index (χ3n) is 3.49. The molecule has 0 amide bonds. The van der Waals surface area contributed by atoms with Gasteiger partial charge in [0.1, 0.15) is 0 Å². The molecule has 110 valence electrons. The van der Waals surface area contributed by atoms with Gasteiger partial charge in [-0.15, -0.1) is 0 Å². The number of hydrogen-bond acceptors (Lipinski definition) is 4. The molecule has 0 atom stereocenters. The number of anilines is 2. The van der Waals surface area contributed by atoms with Crippen molar-refractivity contribution < 1.29 is 4.79 Å². The monoisotopic (exact) mass is 291 g/mol. The summed E-state index contributed by atoms with van der Waals surface area (Å²) >= 11 is 0. The lowest BCUT2D eigenvalue weighted by atomic mass is 10.1. The molecule has 0 unspecified atom stereocenters. The maximum atomic E-state index is 11.5. The second kappa shape index (κ2) is 5.56. The number of carbonyl (C=O) groups is 1. The predicted octanol–water partition coefficient (Wildman–Crippen LogP) is 4.19. The summed E-state index contributed by atoms with van der Waals surface area (Å²) in [6.07, 6.45) is 0. The number of nitrogens with one attached hydrogen (secondary N) is 1. The van der Waals surface area contributed by atoms with Crippen molar-refractivity contribution in [1.29, 1.82) is 0 Å². The summed E-state index contributed by atoms with van der Waals surface area (Å²) in [7, 11) is 0. The van der Waals surface area contributed by atoms with Crippen LogP contribution in [-0.4, -0.2) is 15.8 Å². The van der Waals surface area contributed by atoms with Crippen LogP contribution in [0, 0.1) is 13.8 Å². The van der Waals surface area contributed by atoms with Gasteiger partial charge in [0.25, 0.3) is 0 Å². The van der Waals surface area contributed by atoms with E-state index in [2.05, 4.69) is 15.3 Å². The molecule has 1 aromatic carbocycles. The normalized spacial score (nSPS) is 10.7. The molecular weight excluding hydrogens is 274 g/mol. The van der Waals surface area contributed by atoms with Crippen molar-refractivity contribution in [3.63, 3.8) is 0 Å². The van der Waals surface area contributed by atoms with Crippen LogP contribution in [0.5, 0.6) is 0 Å². The first kappa shape index (κ1) is 14.2. The highest BCUT2D eigenvalue weighted by atomic mass is 16.1. The Bertz CT molecular complexity index is 866. The number of nitrogens with zero attached hydrogens (tertiary/aromatic N) is 2. The highest BCUT2D eigenvalue weighted by Crippen LogP contribution is 2.26. The fraction of sp³-hybridized carbons (Fsp3) is 0.167. The molecule has 0 spiro atoms. The van der Waals surface area contributed by atoms with E-state index < -0.39 is 0 Å². The summed E-state index contributed by atoms with van der Waals surface area (Å²) in [5.74, 6) is 0.0525. The Morgan fingerprint density at radius 3 is 2.55 bits per heavy atom. The van der Waals surface area contributed by atoms with Gasteiger partial charge in [0.15, 0.2) is 11.4 Å². The molecule has 2 heterocycles. The fourth-order valence-corrected chi connectivity index (χ4v) is 2.40. The molecule has 22 heavy (non-hydrogen) atoms. The zero-order valence-electron chi connectivity index (χ0n) is 12.8. The lowest BCUT2D eigenvalue weighted by molar-refractivity contribution is 0.101. The van der Waals surface area contributed by atoms with E-state index in [-0.39, 0.29) is 5.78 Å². The van der Waals surface area contributed by atoms with Crippen LogP contribution in [0.1, 0.15) is 28.7 Å². The van der Waals surface area contributed by atoms with Crippen LogP contribution in [-0.2, 0) is 0 Å². The minimum Gasteiger partial charge on any atom is -0.355 e. The lowest BCUT2D eigenvalue weighted by Gasteiger charge is -2.11. The average Bonchev–Trinajstić information content (AvgIpc) is 2.46. The van der Waals surface area contributed by atoms with Crippen LogP contribution in [0.4, 0.5) is 11.4 Å². The van der Waals surface area contributed by atoms with E-state index >= 15 is 0 Å². The highest BCUT2D eigenvalue weighted by Gasteiger charge is 2.07. The summed E-state index contributed by atoms with van der Waals surface area (Å²) in [4.78, 5) is 20.5. The summed E-state index contributed by atoms with van der Waals surface area (Å²) in [5.41, 5.74) is 5.07. The molecule has 0 aliphatic heterocycles. The molecule has 1 N–H and O–H groups in total. The second-order valence-electron chi connectivity index (χ2n) is 5.40. The molecule has 0 saturated carbocycles.